The van der Waals surface area contributed by atoms with Crippen LogP contribution in [0.15, 0.2) is 0 Å². The van der Waals surface area contributed by atoms with Crippen LogP contribution in [0, 0.1) is 12.8 Å². The first kappa shape index (κ1) is 10.5. The van der Waals surface area contributed by atoms with Gasteiger partial charge >= 0.3 is 5.97 Å². The third kappa shape index (κ3) is 4.02. The van der Waals surface area contributed by atoms with E-state index in [1.54, 1.807) is 0 Å². The van der Waals surface area contributed by atoms with Crippen molar-refractivity contribution in [3.05, 3.63) is 6.92 Å². The summed E-state index contributed by atoms with van der Waals surface area (Å²) in [5, 5.41) is 0. The maximum absolute atomic E-state index is 11.1. The van der Waals surface area contributed by atoms with Crippen LogP contribution in [0.3, 0.4) is 0 Å². The van der Waals surface area contributed by atoms with Crippen LogP contribution in [0.2, 0.25) is 0 Å². The van der Waals surface area contributed by atoms with Crippen molar-refractivity contribution in [2.75, 3.05) is 0 Å². The normalized spacial score (nSPS) is 15.6. The number of ether oxygens (including phenoxy) is 1. The van der Waals surface area contributed by atoms with Crippen LogP contribution in [0.25, 0.3) is 0 Å². The Bertz CT molecular complexity index is 121. The zero-order valence-corrected chi connectivity index (χ0v) is 7.59. The summed E-state index contributed by atoms with van der Waals surface area (Å²) < 4.78 is 5.07. The van der Waals surface area contributed by atoms with Crippen LogP contribution < -0.4 is 0 Å². The fourth-order valence-corrected chi connectivity index (χ4v) is 0.516. The molecular weight excluding hydrogens is 140 g/mol. The van der Waals surface area contributed by atoms with Crippen molar-refractivity contribution in [2.45, 2.75) is 39.7 Å². The molecule has 0 aliphatic rings. The molecule has 0 amide bonds. The van der Waals surface area contributed by atoms with E-state index in [1.807, 2.05) is 20.8 Å². The van der Waals surface area contributed by atoms with Gasteiger partial charge in [-0.1, -0.05) is 20.8 Å². The van der Waals surface area contributed by atoms with Crippen molar-refractivity contribution < 1.29 is 9.53 Å². The monoisotopic (exact) mass is 157 g/mol. The Balaban J connectivity index is 3.68. The van der Waals surface area contributed by atoms with E-state index in [2.05, 4.69) is 6.92 Å². The van der Waals surface area contributed by atoms with Gasteiger partial charge in [-0.3, -0.25) is 4.79 Å². The summed E-state index contributed by atoms with van der Waals surface area (Å²) in [6.07, 6.45) is 1.52. The highest BCUT2D eigenvalue weighted by Crippen LogP contribution is 2.06. The summed E-state index contributed by atoms with van der Waals surface area (Å²) >= 11 is 0. The molecule has 1 radical (unpaired) electrons. The molecule has 0 aromatic heterocycles. The van der Waals surface area contributed by atoms with Crippen LogP contribution in [-0.2, 0) is 9.53 Å². The smallest absolute Gasteiger partial charge is 0.308 e. The molecule has 2 unspecified atom stereocenters. The fraction of sp³-hybridized carbons (Fsp3) is 0.778. The van der Waals surface area contributed by atoms with E-state index in [0.717, 1.165) is 6.42 Å². The highest BCUT2D eigenvalue weighted by atomic mass is 16.5. The van der Waals surface area contributed by atoms with E-state index >= 15 is 0 Å². The summed E-state index contributed by atoms with van der Waals surface area (Å²) in [5.74, 6) is -0.196. The number of carbonyl (C=O) groups excluding carboxylic acids is 1. The van der Waals surface area contributed by atoms with Gasteiger partial charge < -0.3 is 4.74 Å². The zero-order valence-electron chi connectivity index (χ0n) is 7.59. The van der Waals surface area contributed by atoms with Gasteiger partial charge in [0.05, 0.1) is 12.0 Å². The molecule has 0 aliphatic heterocycles. The van der Waals surface area contributed by atoms with Crippen molar-refractivity contribution in [3.63, 3.8) is 0 Å². The van der Waals surface area contributed by atoms with Gasteiger partial charge in [-0.2, -0.15) is 0 Å². The molecule has 0 aliphatic carbocycles. The molecule has 0 fully saturated rings. The zero-order chi connectivity index (χ0) is 8.85. The van der Waals surface area contributed by atoms with E-state index in [0.29, 0.717) is 6.42 Å². The van der Waals surface area contributed by atoms with E-state index in [1.165, 1.54) is 0 Å². The predicted molar refractivity (Wildman–Crippen MR) is 45.0 cm³/mol. The van der Waals surface area contributed by atoms with Gasteiger partial charge in [-0.05, 0) is 19.8 Å². The molecule has 0 saturated heterocycles. The first-order valence-corrected chi connectivity index (χ1v) is 4.11. The van der Waals surface area contributed by atoms with Gasteiger partial charge in [0.1, 0.15) is 0 Å². The molecule has 2 nitrogen and oxygen atoms in total. The number of esters is 1. The SMILES string of the molecule is [CH2]CC(C)C(=O)OC(C)CC. The Kier molecular flexibility index (Phi) is 4.92. The van der Waals surface area contributed by atoms with Crippen LogP contribution in [0.1, 0.15) is 33.6 Å². The third-order valence-corrected chi connectivity index (χ3v) is 1.73. The first-order chi connectivity index (χ1) is 5.11. The average molecular weight is 157 g/mol. The van der Waals surface area contributed by atoms with Crippen LogP contribution in [-0.4, -0.2) is 12.1 Å². The summed E-state index contributed by atoms with van der Waals surface area (Å²) in [4.78, 5) is 11.1. The Hall–Kier alpha value is -0.530. The quantitative estimate of drug-likeness (QED) is 0.585. The summed E-state index contributed by atoms with van der Waals surface area (Å²) in [6, 6.07) is 0. The lowest BCUT2D eigenvalue weighted by Crippen LogP contribution is -2.19. The Labute approximate surface area is 68.9 Å². The second-order valence-electron chi connectivity index (χ2n) is 2.85. The van der Waals surface area contributed by atoms with E-state index in [-0.39, 0.29) is 18.0 Å². The molecule has 0 aromatic carbocycles. The molecule has 11 heavy (non-hydrogen) atoms. The number of hydrogen-bond donors (Lipinski definition) is 0. The maximum Gasteiger partial charge on any atom is 0.308 e. The molecule has 65 valence electrons. The molecule has 0 N–H and O–H groups in total. The van der Waals surface area contributed by atoms with Gasteiger partial charge in [0.15, 0.2) is 0 Å². The molecule has 2 atom stereocenters. The lowest BCUT2D eigenvalue weighted by atomic mass is 10.1. The summed E-state index contributed by atoms with van der Waals surface area (Å²) in [7, 11) is 0. The van der Waals surface area contributed by atoms with E-state index < -0.39 is 0 Å². The minimum Gasteiger partial charge on any atom is -0.462 e. The van der Waals surface area contributed by atoms with E-state index in [4.69, 9.17) is 4.74 Å². The van der Waals surface area contributed by atoms with Gasteiger partial charge in [0.25, 0.3) is 0 Å². The van der Waals surface area contributed by atoms with Gasteiger partial charge in [0, 0.05) is 0 Å². The van der Waals surface area contributed by atoms with Crippen molar-refractivity contribution in [1.82, 2.24) is 0 Å². The number of hydrogen-bond acceptors (Lipinski definition) is 2. The first-order valence-electron chi connectivity index (χ1n) is 4.11. The molecule has 2 heteroatoms. The van der Waals surface area contributed by atoms with Gasteiger partial charge in [-0.25, -0.2) is 0 Å². The number of rotatable bonds is 4. The molecular formula is C9H17O2. The van der Waals surface area contributed by atoms with Crippen molar-refractivity contribution >= 4 is 5.97 Å². The molecule has 0 saturated carbocycles. The Morgan fingerprint density at radius 3 is 2.45 bits per heavy atom. The predicted octanol–water partition coefficient (Wildman–Crippen LogP) is 2.19. The van der Waals surface area contributed by atoms with Crippen molar-refractivity contribution in [1.29, 1.82) is 0 Å². The van der Waals surface area contributed by atoms with Gasteiger partial charge in [-0.15, -0.1) is 0 Å². The Morgan fingerprint density at radius 2 is 2.09 bits per heavy atom. The molecule has 0 aromatic rings. The minimum absolute atomic E-state index is 0.0384. The lowest BCUT2D eigenvalue weighted by Gasteiger charge is -2.13. The van der Waals surface area contributed by atoms with Crippen molar-refractivity contribution in [3.8, 4) is 0 Å². The maximum atomic E-state index is 11.1. The third-order valence-electron chi connectivity index (χ3n) is 1.73. The molecule has 0 heterocycles. The minimum atomic E-state index is -0.130. The second kappa shape index (κ2) is 5.16. The standard InChI is InChI=1S/C9H17O2/c1-5-7(3)9(10)11-8(4)6-2/h7-8H,1,5-6H2,2-4H3. The number of carbonyl (C=O) groups is 1. The topological polar surface area (TPSA) is 26.3 Å². The van der Waals surface area contributed by atoms with Crippen molar-refractivity contribution in [2.24, 2.45) is 5.92 Å². The lowest BCUT2D eigenvalue weighted by molar-refractivity contribution is -0.152. The second-order valence-corrected chi connectivity index (χ2v) is 2.85. The summed E-state index contributed by atoms with van der Waals surface area (Å²) in [6.45, 7) is 9.36. The average Bonchev–Trinajstić information content (AvgIpc) is 2.02. The summed E-state index contributed by atoms with van der Waals surface area (Å²) in [5.41, 5.74) is 0. The molecule has 0 bridgehead atoms. The van der Waals surface area contributed by atoms with Crippen LogP contribution in [0.4, 0.5) is 0 Å². The molecule has 0 rings (SSSR count). The molecule has 0 spiro atoms. The van der Waals surface area contributed by atoms with E-state index in [9.17, 15) is 4.79 Å². The fourth-order valence-electron chi connectivity index (χ4n) is 0.516. The Morgan fingerprint density at radius 1 is 1.55 bits per heavy atom. The van der Waals surface area contributed by atoms with Crippen LogP contribution >= 0.6 is 0 Å². The highest BCUT2D eigenvalue weighted by Gasteiger charge is 2.13. The largest absolute Gasteiger partial charge is 0.462 e. The van der Waals surface area contributed by atoms with Gasteiger partial charge in [0.2, 0.25) is 0 Å². The van der Waals surface area contributed by atoms with Crippen LogP contribution in [0.5, 0.6) is 0 Å². The highest BCUT2D eigenvalue weighted by molar-refractivity contribution is 5.72.